The van der Waals surface area contributed by atoms with Gasteiger partial charge in [0.1, 0.15) is 0 Å². The maximum atomic E-state index is 12.0. The van der Waals surface area contributed by atoms with Crippen LogP contribution < -0.4 is 5.73 Å². The van der Waals surface area contributed by atoms with Crippen LogP contribution in [0.5, 0.6) is 0 Å². The summed E-state index contributed by atoms with van der Waals surface area (Å²) in [7, 11) is 0. The zero-order chi connectivity index (χ0) is 16.6. The van der Waals surface area contributed by atoms with Crippen LogP contribution in [0.1, 0.15) is 21.7 Å². The van der Waals surface area contributed by atoms with Crippen molar-refractivity contribution in [1.82, 2.24) is 9.55 Å². The zero-order valence-corrected chi connectivity index (χ0v) is 13.3. The molecular weight excluding hydrogens is 286 g/mol. The van der Waals surface area contributed by atoms with E-state index in [-0.39, 0.29) is 0 Å². The number of para-hydroxylation sites is 1. The van der Waals surface area contributed by atoms with Crippen LogP contribution >= 0.6 is 0 Å². The van der Waals surface area contributed by atoms with Crippen LogP contribution in [-0.4, -0.2) is 15.5 Å². The molecule has 0 unspecified atom stereocenters. The van der Waals surface area contributed by atoms with E-state index in [2.05, 4.69) is 6.58 Å². The summed E-state index contributed by atoms with van der Waals surface area (Å²) in [6.07, 6.45) is 1.81. The Kier molecular flexibility index (Phi) is 3.74. The van der Waals surface area contributed by atoms with Crippen molar-refractivity contribution in [1.29, 1.82) is 0 Å². The van der Waals surface area contributed by atoms with Crippen LogP contribution in [-0.2, 0) is 6.54 Å². The molecule has 116 valence electrons. The standard InChI is InChI=1S/C19H19N3O/c1-4-11-22-12(2)17(18(13(22)3)19(20)23)16-10-9-14-7-5-6-8-15(14)21-16/h4-10H,1,11H2,2-3H3,(H2,20,23). The van der Waals surface area contributed by atoms with Gasteiger partial charge in [-0.2, -0.15) is 0 Å². The number of hydrogen-bond acceptors (Lipinski definition) is 2. The van der Waals surface area contributed by atoms with E-state index in [1.165, 1.54) is 0 Å². The van der Waals surface area contributed by atoms with Crippen molar-refractivity contribution >= 4 is 16.8 Å². The lowest BCUT2D eigenvalue weighted by molar-refractivity contribution is 0.1000. The van der Waals surface area contributed by atoms with E-state index >= 15 is 0 Å². The third kappa shape index (κ3) is 2.42. The third-order valence-corrected chi connectivity index (χ3v) is 4.20. The Labute approximate surface area is 135 Å². The van der Waals surface area contributed by atoms with Gasteiger partial charge in [-0.05, 0) is 26.0 Å². The summed E-state index contributed by atoms with van der Waals surface area (Å²) < 4.78 is 2.04. The molecule has 0 fully saturated rings. The van der Waals surface area contributed by atoms with Gasteiger partial charge in [0.2, 0.25) is 0 Å². The van der Waals surface area contributed by atoms with Crippen molar-refractivity contribution in [2.75, 3.05) is 0 Å². The van der Waals surface area contributed by atoms with Gasteiger partial charge in [0.05, 0.1) is 16.8 Å². The maximum absolute atomic E-state index is 12.0. The van der Waals surface area contributed by atoms with Crippen LogP contribution in [0.25, 0.3) is 22.2 Å². The molecule has 2 heterocycles. The fraction of sp³-hybridized carbons (Fsp3) is 0.158. The fourth-order valence-electron chi connectivity index (χ4n) is 3.11. The summed E-state index contributed by atoms with van der Waals surface area (Å²) in [6.45, 7) is 8.30. The first-order valence-electron chi connectivity index (χ1n) is 7.51. The van der Waals surface area contributed by atoms with Gasteiger partial charge in [-0.3, -0.25) is 4.79 Å². The average Bonchev–Trinajstić information content (AvgIpc) is 2.79. The molecule has 0 saturated heterocycles. The second-order valence-electron chi connectivity index (χ2n) is 5.57. The average molecular weight is 305 g/mol. The number of carbonyl (C=O) groups excluding carboxylic acids is 1. The quantitative estimate of drug-likeness (QED) is 0.749. The highest BCUT2D eigenvalue weighted by Crippen LogP contribution is 2.32. The molecule has 4 nitrogen and oxygen atoms in total. The van der Waals surface area contributed by atoms with Gasteiger partial charge in [0.25, 0.3) is 5.91 Å². The van der Waals surface area contributed by atoms with Crippen LogP contribution in [0.2, 0.25) is 0 Å². The predicted molar refractivity (Wildman–Crippen MR) is 93.4 cm³/mol. The van der Waals surface area contributed by atoms with Crippen LogP contribution in [0, 0.1) is 13.8 Å². The molecule has 2 N–H and O–H groups in total. The SMILES string of the molecule is C=CCn1c(C)c(C(N)=O)c(-c2ccc3ccccc3n2)c1C. The van der Waals surface area contributed by atoms with Crippen molar-refractivity contribution < 1.29 is 4.79 Å². The van der Waals surface area contributed by atoms with Gasteiger partial charge in [-0.25, -0.2) is 4.98 Å². The monoisotopic (exact) mass is 305 g/mol. The summed E-state index contributed by atoms with van der Waals surface area (Å²) in [5.41, 5.74) is 10.5. The molecule has 3 aromatic rings. The Bertz CT molecular complexity index is 922. The first-order chi connectivity index (χ1) is 11.0. The number of benzene rings is 1. The van der Waals surface area contributed by atoms with Gasteiger partial charge in [-0.15, -0.1) is 6.58 Å². The topological polar surface area (TPSA) is 60.9 Å². The number of pyridine rings is 1. The van der Waals surface area contributed by atoms with Crippen LogP contribution in [0.15, 0.2) is 49.1 Å². The van der Waals surface area contributed by atoms with Crippen molar-refractivity contribution in [2.45, 2.75) is 20.4 Å². The lowest BCUT2D eigenvalue weighted by Gasteiger charge is -2.07. The van der Waals surface area contributed by atoms with E-state index in [4.69, 9.17) is 10.7 Å². The molecule has 0 aliphatic rings. The summed E-state index contributed by atoms with van der Waals surface area (Å²) in [5.74, 6) is -0.432. The third-order valence-electron chi connectivity index (χ3n) is 4.20. The number of nitrogens with zero attached hydrogens (tertiary/aromatic N) is 2. The first-order valence-corrected chi connectivity index (χ1v) is 7.51. The number of hydrogen-bond donors (Lipinski definition) is 1. The normalized spacial score (nSPS) is 10.9. The van der Waals surface area contributed by atoms with Gasteiger partial charge in [0, 0.05) is 28.9 Å². The fourth-order valence-corrected chi connectivity index (χ4v) is 3.11. The molecule has 4 heteroatoms. The molecule has 23 heavy (non-hydrogen) atoms. The lowest BCUT2D eigenvalue weighted by Crippen LogP contribution is -2.13. The second-order valence-corrected chi connectivity index (χ2v) is 5.57. The van der Waals surface area contributed by atoms with E-state index in [1.54, 1.807) is 0 Å². The highest BCUT2D eigenvalue weighted by Gasteiger charge is 2.23. The molecule has 0 bridgehead atoms. The Hall–Kier alpha value is -2.88. The van der Waals surface area contributed by atoms with Gasteiger partial charge < -0.3 is 10.3 Å². The molecule has 0 saturated carbocycles. The highest BCUT2D eigenvalue weighted by molar-refractivity contribution is 6.02. The summed E-state index contributed by atoms with van der Waals surface area (Å²) in [6, 6.07) is 11.9. The molecule has 0 aliphatic heterocycles. The van der Waals surface area contributed by atoms with E-state index in [1.807, 2.05) is 60.9 Å². The molecule has 1 amide bonds. The van der Waals surface area contributed by atoms with E-state index in [0.717, 1.165) is 33.5 Å². The zero-order valence-electron chi connectivity index (χ0n) is 13.3. The number of aromatic nitrogens is 2. The van der Waals surface area contributed by atoms with E-state index in [9.17, 15) is 4.79 Å². The minimum Gasteiger partial charge on any atom is -0.366 e. The number of amides is 1. The number of nitrogens with two attached hydrogens (primary N) is 1. The molecule has 0 atom stereocenters. The molecule has 0 radical (unpaired) electrons. The number of allylic oxidation sites excluding steroid dienone is 1. The van der Waals surface area contributed by atoms with Gasteiger partial charge >= 0.3 is 0 Å². The summed E-state index contributed by atoms with van der Waals surface area (Å²) in [4.78, 5) is 16.7. The highest BCUT2D eigenvalue weighted by atomic mass is 16.1. The minimum absolute atomic E-state index is 0.432. The van der Waals surface area contributed by atoms with Crippen LogP contribution in [0.3, 0.4) is 0 Å². The Morgan fingerprint density at radius 1 is 1.22 bits per heavy atom. The van der Waals surface area contributed by atoms with E-state index in [0.29, 0.717) is 12.1 Å². The Balaban J connectivity index is 2.30. The van der Waals surface area contributed by atoms with Crippen molar-refractivity contribution in [2.24, 2.45) is 5.73 Å². The number of fused-ring (bicyclic) bond motifs is 1. The van der Waals surface area contributed by atoms with Gasteiger partial charge in [0.15, 0.2) is 0 Å². The minimum atomic E-state index is -0.432. The summed E-state index contributed by atoms with van der Waals surface area (Å²) in [5, 5.41) is 1.07. The number of primary amides is 1. The molecule has 0 aliphatic carbocycles. The first kappa shape index (κ1) is 15.0. The van der Waals surface area contributed by atoms with Crippen LogP contribution in [0.4, 0.5) is 0 Å². The van der Waals surface area contributed by atoms with Crippen molar-refractivity contribution in [3.63, 3.8) is 0 Å². The number of carbonyl (C=O) groups is 1. The largest absolute Gasteiger partial charge is 0.366 e. The maximum Gasteiger partial charge on any atom is 0.251 e. The molecule has 1 aromatic carbocycles. The van der Waals surface area contributed by atoms with Crippen molar-refractivity contribution in [3.8, 4) is 11.3 Å². The Morgan fingerprint density at radius 3 is 2.65 bits per heavy atom. The second kappa shape index (κ2) is 5.72. The molecule has 0 spiro atoms. The predicted octanol–water partition coefficient (Wildman–Crippen LogP) is 3.61. The summed E-state index contributed by atoms with van der Waals surface area (Å²) >= 11 is 0. The number of rotatable bonds is 4. The molecule has 2 aromatic heterocycles. The molecule has 3 rings (SSSR count). The van der Waals surface area contributed by atoms with Crippen molar-refractivity contribution in [3.05, 3.63) is 66.0 Å². The lowest BCUT2D eigenvalue weighted by atomic mass is 10.0. The van der Waals surface area contributed by atoms with Gasteiger partial charge in [-0.1, -0.05) is 30.3 Å². The Morgan fingerprint density at radius 2 is 1.96 bits per heavy atom. The molecular formula is C19H19N3O. The smallest absolute Gasteiger partial charge is 0.251 e. The van der Waals surface area contributed by atoms with E-state index < -0.39 is 5.91 Å².